The smallest absolute Gasteiger partial charge is 0.337 e. The lowest BCUT2D eigenvalue weighted by atomic mass is 10.1. The summed E-state index contributed by atoms with van der Waals surface area (Å²) in [6.45, 7) is 5.03. The van der Waals surface area contributed by atoms with Crippen LogP contribution in [0.2, 0.25) is 0 Å². The van der Waals surface area contributed by atoms with E-state index in [1.165, 1.54) is 42.7 Å². The highest BCUT2D eigenvalue weighted by molar-refractivity contribution is 7.67. The number of nitrogens with one attached hydrogen (secondary N) is 1. The van der Waals surface area contributed by atoms with Crippen molar-refractivity contribution in [2.24, 2.45) is 5.92 Å². The molecule has 0 fully saturated rings. The third-order valence-corrected chi connectivity index (χ3v) is 6.60. The zero-order chi connectivity index (χ0) is 20.9. The van der Waals surface area contributed by atoms with E-state index >= 15 is 0 Å². The van der Waals surface area contributed by atoms with Crippen LogP contribution >= 0.6 is 7.37 Å². The van der Waals surface area contributed by atoms with Crippen molar-refractivity contribution in [2.75, 3.05) is 11.9 Å². The number of carboxylic acid groups (broad SMARTS) is 1. The molecule has 2 atom stereocenters. The van der Waals surface area contributed by atoms with Crippen molar-refractivity contribution in [2.45, 2.75) is 26.6 Å². The molecule has 1 aromatic carbocycles. The van der Waals surface area contributed by atoms with Crippen LogP contribution in [0.3, 0.4) is 0 Å². The van der Waals surface area contributed by atoms with E-state index in [4.69, 9.17) is 4.52 Å². The number of rotatable bonds is 8. The number of benzene rings is 1. The Bertz CT molecular complexity index is 901. The lowest BCUT2D eigenvalue weighted by Crippen LogP contribution is -2.22. The second kappa shape index (κ2) is 9.10. The van der Waals surface area contributed by atoms with E-state index in [0.717, 1.165) is 0 Å². The molecule has 1 heterocycles. The minimum absolute atomic E-state index is 0.0404. The first-order chi connectivity index (χ1) is 13.2. The van der Waals surface area contributed by atoms with Crippen molar-refractivity contribution in [3.8, 4) is 0 Å². The Morgan fingerprint density at radius 1 is 1.21 bits per heavy atom. The predicted octanol–water partition coefficient (Wildman–Crippen LogP) is 3.01. The number of aromatic nitrogens is 1. The molecule has 0 bridgehead atoms. The quantitative estimate of drug-likeness (QED) is 0.575. The highest BCUT2D eigenvalue weighted by atomic mass is 31.2. The summed E-state index contributed by atoms with van der Waals surface area (Å²) >= 11 is 0. The Labute approximate surface area is 163 Å². The minimum Gasteiger partial charge on any atom is -0.478 e. The molecule has 150 valence electrons. The number of carbonyl (C=O) groups excluding carboxylic acids is 1. The molecule has 8 nitrogen and oxygen atoms in total. The Morgan fingerprint density at radius 2 is 1.86 bits per heavy atom. The fourth-order valence-corrected chi connectivity index (χ4v) is 4.61. The standard InChI is InChI=1S/C19H23N2O6P/c1-4-27-28(26,19(25)13-7-9-20-10-8-13)14-5-6-16(15(11-14)18(23)24)21-17(22)12(2)3/h5-12,19,25H,4H2,1-3H3,(H,21,22)(H,23,24). The fraction of sp³-hybridized carbons (Fsp3) is 0.316. The summed E-state index contributed by atoms with van der Waals surface area (Å²) in [4.78, 5) is 27.5. The van der Waals surface area contributed by atoms with Gasteiger partial charge in [-0.1, -0.05) is 13.8 Å². The maximum absolute atomic E-state index is 13.6. The van der Waals surface area contributed by atoms with E-state index in [1.54, 1.807) is 20.8 Å². The number of aromatic carboxylic acids is 1. The van der Waals surface area contributed by atoms with E-state index in [1.807, 2.05) is 0 Å². The molecule has 0 radical (unpaired) electrons. The van der Waals surface area contributed by atoms with Gasteiger partial charge in [-0.3, -0.25) is 14.3 Å². The number of pyridine rings is 1. The molecular weight excluding hydrogens is 383 g/mol. The van der Waals surface area contributed by atoms with Crippen LogP contribution in [-0.4, -0.2) is 33.7 Å². The number of carbonyl (C=O) groups is 2. The largest absolute Gasteiger partial charge is 0.478 e. The summed E-state index contributed by atoms with van der Waals surface area (Å²) in [7, 11) is -3.87. The van der Waals surface area contributed by atoms with Crippen LogP contribution in [0.15, 0.2) is 42.7 Å². The lowest BCUT2D eigenvalue weighted by molar-refractivity contribution is -0.118. The van der Waals surface area contributed by atoms with Crippen LogP contribution in [0, 0.1) is 5.92 Å². The summed E-state index contributed by atoms with van der Waals surface area (Å²) in [5, 5.41) is 22.8. The number of aliphatic hydroxyl groups excluding tert-OH is 1. The molecular formula is C19H23N2O6P. The Morgan fingerprint density at radius 3 is 2.39 bits per heavy atom. The molecule has 0 saturated carbocycles. The highest BCUT2D eigenvalue weighted by Gasteiger charge is 2.37. The summed E-state index contributed by atoms with van der Waals surface area (Å²) in [6, 6.07) is 6.92. The van der Waals surface area contributed by atoms with Gasteiger partial charge in [0.25, 0.3) is 7.37 Å². The average molecular weight is 406 g/mol. The van der Waals surface area contributed by atoms with E-state index in [0.29, 0.717) is 5.56 Å². The van der Waals surface area contributed by atoms with Gasteiger partial charge in [-0.2, -0.15) is 0 Å². The topological polar surface area (TPSA) is 126 Å². The van der Waals surface area contributed by atoms with E-state index in [9.17, 15) is 24.4 Å². The molecule has 2 unspecified atom stereocenters. The number of nitrogens with zero attached hydrogens (tertiary/aromatic N) is 1. The first kappa shape index (κ1) is 21.8. The Kier molecular flexibility index (Phi) is 7.07. The Hall–Kier alpha value is -2.54. The van der Waals surface area contributed by atoms with Crippen molar-refractivity contribution in [1.29, 1.82) is 0 Å². The normalized spacial score (nSPS) is 14.3. The molecule has 0 saturated heterocycles. The summed E-state index contributed by atoms with van der Waals surface area (Å²) in [5.41, 5.74) is 0.172. The second-order valence-electron chi connectivity index (χ2n) is 6.35. The third-order valence-electron chi connectivity index (χ3n) is 4.02. The average Bonchev–Trinajstić information content (AvgIpc) is 2.68. The second-order valence-corrected chi connectivity index (χ2v) is 8.81. The number of hydrogen-bond donors (Lipinski definition) is 3. The van der Waals surface area contributed by atoms with Crippen molar-refractivity contribution in [3.05, 3.63) is 53.9 Å². The van der Waals surface area contributed by atoms with Gasteiger partial charge in [-0.15, -0.1) is 0 Å². The van der Waals surface area contributed by atoms with E-state index < -0.39 is 19.2 Å². The molecule has 28 heavy (non-hydrogen) atoms. The summed E-state index contributed by atoms with van der Waals surface area (Å²) in [6.07, 6.45) is 2.89. The van der Waals surface area contributed by atoms with E-state index in [2.05, 4.69) is 10.3 Å². The highest BCUT2D eigenvalue weighted by Crippen LogP contribution is 2.57. The van der Waals surface area contributed by atoms with Crippen LogP contribution in [0.1, 0.15) is 42.5 Å². The van der Waals surface area contributed by atoms with Gasteiger partial charge in [-0.05, 0) is 42.8 Å². The maximum Gasteiger partial charge on any atom is 0.337 e. The zero-order valence-corrected chi connectivity index (χ0v) is 16.7. The summed E-state index contributed by atoms with van der Waals surface area (Å²) in [5.74, 6) is -3.49. The van der Waals surface area contributed by atoms with Crippen LogP contribution < -0.4 is 10.6 Å². The third kappa shape index (κ3) is 4.65. The van der Waals surface area contributed by atoms with Gasteiger partial charge in [0.2, 0.25) is 5.91 Å². The predicted molar refractivity (Wildman–Crippen MR) is 105 cm³/mol. The van der Waals surface area contributed by atoms with Crippen LogP contribution in [0.4, 0.5) is 5.69 Å². The number of carboxylic acids is 1. The van der Waals surface area contributed by atoms with Crippen molar-refractivity contribution >= 4 is 30.2 Å². The molecule has 0 aliphatic carbocycles. The molecule has 2 aromatic rings. The number of anilines is 1. The van der Waals surface area contributed by atoms with Gasteiger partial charge in [0.1, 0.15) is 0 Å². The maximum atomic E-state index is 13.6. The zero-order valence-electron chi connectivity index (χ0n) is 15.8. The van der Waals surface area contributed by atoms with Gasteiger partial charge in [0, 0.05) is 23.6 Å². The molecule has 3 N–H and O–H groups in total. The number of amides is 1. The van der Waals surface area contributed by atoms with E-state index in [-0.39, 0.29) is 35.0 Å². The minimum atomic E-state index is -3.87. The van der Waals surface area contributed by atoms with Gasteiger partial charge in [-0.25, -0.2) is 4.79 Å². The van der Waals surface area contributed by atoms with Crippen LogP contribution in [0.5, 0.6) is 0 Å². The molecule has 0 aliphatic heterocycles. The van der Waals surface area contributed by atoms with Crippen LogP contribution in [-0.2, 0) is 13.9 Å². The van der Waals surface area contributed by atoms with Crippen molar-refractivity contribution < 1.29 is 28.9 Å². The molecule has 1 amide bonds. The first-order valence-corrected chi connectivity index (χ1v) is 10.4. The van der Waals surface area contributed by atoms with Crippen LogP contribution in [0.25, 0.3) is 0 Å². The summed E-state index contributed by atoms with van der Waals surface area (Å²) < 4.78 is 19.0. The van der Waals surface area contributed by atoms with Crippen molar-refractivity contribution in [3.63, 3.8) is 0 Å². The first-order valence-electron chi connectivity index (χ1n) is 8.71. The molecule has 9 heteroatoms. The fourth-order valence-electron chi connectivity index (χ4n) is 2.50. The molecule has 0 spiro atoms. The number of aliphatic hydroxyl groups is 1. The Balaban J connectivity index is 2.53. The lowest BCUT2D eigenvalue weighted by Gasteiger charge is -2.24. The van der Waals surface area contributed by atoms with Crippen molar-refractivity contribution in [1.82, 2.24) is 4.98 Å². The monoisotopic (exact) mass is 406 g/mol. The molecule has 2 rings (SSSR count). The van der Waals surface area contributed by atoms with Gasteiger partial charge >= 0.3 is 5.97 Å². The SMILES string of the molecule is CCOP(=O)(c1ccc(NC(=O)C(C)C)c(C(=O)O)c1)C(O)c1ccncc1. The van der Waals surface area contributed by atoms with Gasteiger partial charge in [0.05, 0.1) is 17.9 Å². The van der Waals surface area contributed by atoms with Gasteiger partial charge in [0.15, 0.2) is 5.85 Å². The van der Waals surface area contributed by atoms with Gasteiger partial charge < -0.3 is 20.1 Å². The molecule has 0 aliphatic rings. The molecule has 1 aromatic heterocycles. The number of hydrogen-bond acceptors (Lipinski definition) is 6.